The topological polar surface area (TPSA) is 67.9 Å². The van der Waals surface area contributed by atoms with Gasteiger partial charge in [-0.05, 0) is 55.7 Å². The normalized spacial score (nSPS) is 20.3. The van der Waals surface area contributed by atoms with Crippen molar-refractivity contribution in [2.45, 2.75) is 38.8 Å². The Morgan fingerprint density at radius 1 is 1.15 bits per heavy atom. The standard InChI is InChI=1S/C21H25N3O2/c1-14(2)26-18-10-8-15(9-11-18)16-6-5-7-17(12-16)21(3)13-19(25)24(4)20(22)23-21/h5-12,14H,13H2,1-4H3,(H2,22,23). The van der Waals surface area contributed by atoms with Crippen LogP contribution in [0.3, 0.4) is 0 Å². The lowest BCUT2D eigenvalue weighted by Gasteiger charge is -2.33. The molecular weight excluding hydrogens is 326 g/mol. The van der Waals surface area contributed by atoms with Crippen molar-refractivity contribution in [1.82, 2.24) is 4.90 Å². The van der Waals surface area contributed by atoms with Gasteiger partial charge in [0, 0.05) is 7.05 Å². The molecule has 2 aromatic carbocycles. The molecule has 1 amide bonds. The van der Waals surface area contributed by atoms with Crippen LogP contribution in [0.2, 0.25) is 0 Å². The largest absolute Gasteiger partial charge is 0.491 e. The molecule has 26 heavy (non-hydrogen) atoms. The molecule has 2 N–H and O–H groups in total. The van der Waals surface area contributed by atoms with E-state index in [2.05, 4.69) is 17.1 Å². The van der Waals surface area contributed by atoms with Gasteiger partial charge in [-0.3, -0.25) is 9.69 Å². The van der Waals surface area contributed by atoms with Crippen LogP contribution in [0.5, 0.6) is 5.75 Å². The Kier molecular flexibility index (Phi) is 4.72. The summed E-state index contributed by atoms with van der Waals surface area (Å²) < 4.78 is 5.70. The highest BCUT2D eigenvalue weighted by Crippen LogP contribution is 2.35. The Morgan fingerprint density at radius 2 is 1.85 bits per heavy atom. The van der Waals surface area contributed by atoms with Crippen LogP contribution in [-0.4, -0.2) is 29.9 Å². The number of nitrogens with zero attached hydrogens (tertiary/aromatic N) is 2. The SMILES string of the molecule is CC(C)Oc1ccc(-c2cccc(C3(C)CC(=O)N(C)C(N)=N3)c2)cc1. The molecule has 2 aromatic rings. The third-order valence-electron chi connectivity index (χ3n) is 4.62. The van der Waals surface area contributed by atoms with E-state index in [1.807, 2.05) is 57.2 Å². The molecule has 0 bridgehead atoms. The van der Waals surface area contributed by atoms with Crippen molar-refractivity contribution in [2.24, 2.45) is 10.7 Å². The molecule has 1 unspecified atom stereocenters. The van der Waals surface area contributed by atoms with E-state index >= 15 is 0 Å². The minimum Gasteiger partial charge on any atom is -0.491 e. The zero-order chi connectivity index (χ0) is 18.9. The molecule has 0 aromatic heterocycles. The van der Waals surface area contributed by atoms with Crippen molar-refractivity contribution < 1.29 is 9.53 Å². The lowest BCUT2D eigenvalue weighted by atomic mass is 9.86. The lowest BCUT2D eigenvalue weighted by Crippen LogP contribution is -2.47. The molecule has 5 heteroatoms. The molecule has 3 rings (SSSR count). The number of carbonyl (C=O) groups is 1. The number of ether oxygens (including phenoxy) is 1. The van der Waals surface area contributed by atoms with Crippen LogP contribution in [0.1, 0.15) is 32.8 Å². The fraction of sp³-hybridized carbons (Fsp3) is 0.333. The zero-order valence-electron chi connectivity index (χ0n) is 15.7. The molecule has 0 radical (unpaired) electrons. The van der Waals surface area contributed by atoms with Crippen LogP contribution in [0, 0.1) is 0 Å². The van der Waals surface area contributed by atoms with Gasteiger partial charge in [-0.1, -0.05) is 30.3 Å². The molecule has 0 saturated heterocycles. The van der Waals surface area contributed by atoms with E-state index in [0.717, 1.165) is 22.4 Å². The van der Waals surface area contributed by atoms with Crippen LogP contribution in [-0.2, 0) is 10.3 Å². The minimum absolute atomic E-state index is 0.0272. The molecule has 5 nitrogen and oxygen atoms in total. The van der Waals surface area contributed by atoms with E-state index in [9.17, 15) is 4.79 Å². The van der Waals surface area contributed by atoms with Gasteiger partial charge >= 0.3 is 0 Å². The summed E-state index contributed by atoms with van der Waals surface area (Å²) in [6, 6.07) is 16.1. The van der Waals surface area contributed by atoms with E-state index in [1.165, 1.54) is 4.90 Å². The first-order valence-corrected chi connectivity index (χ1v) is 8.78. The van der Waals surface area contributed by atoms with Crippen molar-refractivity contribution >= 4 is 11.9 Å². The van der Waals surface area contributed by atoms with Crippen molar-refractivity contribution in [2.75, 3.05) is 7.05 Å². The van der Waals surface area contributed by atoms with Gasteiger partial charge in [-0.15, -0.1) is 0 Å². The molecule has 1 heterocycles. The first kappa shape index (κ1) is 18.0. The van der Waals surface area contributed by atoms with Gasteiger partial charge < -0.3 is 10.5 Å². The van der Waals surface area contributed by atoms with E-state index in [-0.39, 0.29) is 18.0 Å². The molecule has 1 atom stereocenters. The number of rotatable bonds is 4. The van der Waals surface area contributed by atoms with E-state index in [0.29, 0.717) is 6.42 Å². The summed E-state index contributed by atoms with van der Waals surface area (Å²) >= 11 is 0. The highest BCUT2D eigenvalue weighted by Gasteiger charge is 2.36. The fourth-order valence-corrected chi connectivity index (χ4v) is 3.11. The number of carbonyl (C=O) groups excluding carboxylic acids is 1. The third-order valence-corrected chi connectivity index (χ3v) is 4.62. The lowest BCUT2D eigenvalue weighted by molar-refractivity contribution is -0.128. The average Bonchev–Trinajstić information content (AvgIpc) is 2.60. The van der Waals surface area contributed by atoms with Gasteiger partial charge in [0.25, 0.3) is 0 Å². The molecule has 1 aliphatic heterocycles. The van der Waals surface area contributed by atoms with Crippen LogP contribution in [0.15, 0.2) is 53.5 Å². The first-order chi connectivity index (χ1) is 12.3. The average molecular weight is 351 g/mol. The maximum Gasteiger partial charge on any atom is 0.231 e. The third kappa shape index (κ3) is 3.57. The van der Waals surface area contributed by atoms with Gasteiger partial charge in [0.2, 0.25) is 5.91 Å². The van der Waals surface area contributed by atoms with Gasteiger partial charge in [0.15, 0.2) is 5.96 Å². The van der Waals surface area contributed by atoms with E-state index in [1.54, 1.807) is 7.05 Å². The Morgan fingerprint density at radius 3 is 2.46 bits per heavy atom. The van der Waals surface area contributed by atoms with Crippen molar-refractivity contribution in [1.29, 1.82) is 0 Å². The number of hydrogen-bond acceptors (Lipinski definition) is 4. The summed E-state index contributed by atoms with van der Waals surface area (Å²) in [5.74, 6) is 1.08. The smallest absolute Gasteiger partial charge is 0.231 e. The van der Waals surface area contributed by atoms with E-state index in [4.69, 9.17) is 10.5 Å². The highest BCUT2D eigenvalue weighted by molar-refractivity contribution is 5.98. The monoisotopic (exact) mass is 351 g/mol. The molecule has 136 valence electrons. The maximum absolute atomic E-state index is 12.2. The van der Waals surface area contributed by atoms with Crippen LogP contribution in [0.4, 0.5) is 0 Å². The molecule has 1 aliphatic rings. The summed E-state index contributed by atoms with van der Waals surface area (Å²) in [7, 11) is 1.65. The number of hydrogen-bond donors (Lipinski definition) is 1. The predicted octanol–water partition coefficient (Wildman–Crippen LogP) is 3.53. The second kappa shape index (κ2) is 6.83. The Balaban J connectivity index is 1.92. The Bertz CT molecular complexity index is 843. The molecule has 0 aliphatic carbocycles. The Labute approximate surface area is 154 Å². The quantitative estimate of drug-likeness (QED) is 0.916. The van der Waals surface area contributed by atoms with Gasteiger partial charge in [0.1, 0.15) is 5.75 Å². The second-order valence-corrected chi connectivity index (χ2v) is 7.15. The fourth-order valence-electron chi connectivity index (χ4n) is 3.11. The molecule has 0 saturated carbocycles. The summed E-state index contributed by atoms with van der Waals surface area (Å²) in [5.41, 5.74) is 8.41. The summed E-state index contributed by atoms with van der Waals surface area (Å²) in [6.07, 6.45) is 0.448. The number of nitrogens with two attached hydrogens (primary N) is 1. The van der Waals surface area contributed by atoms with Crippen LogP contribution >= 0.6 is 0 Å². The van der Waals surface area contributed by atoms with Crippen LogP contribution in [0.25, 0.3) is 11.1 Å². The first-order valence-electron chi connectivity index (χ1n) is 8.78. The molecular formula is C21H25N3O2. The molecule has 0 fully saturated rings. The van der Waals surface area contributed by atoms with Gasteiger partial charge in [0.05, 0.1) is 18.1 Å². The van der Waals surface area contributed by atoms with Crippen LogP contribution < -0.4 is 10.5 Å². The maximum atomic E-state index is 12.2. The highest BCUT2D eigenvalue weighted by atomic mass is 16.5. The summed E-state index contributed by atoms with van der Waals surface area (Å²) in [5, 5.41) is 0. The minimum atomic E-state index is -0.648. The zero-order valence-corrected chi connectivity index (χ0v) is 15.7. The number of guanidine groups is 1. The molecule has 0 spiro atoms. The number of benzene rings is 2. The summed E-state index contributed by atoms with van der Waals surface area (Å²) in [4.78, 5) is 18.2. The van der Waals surface area contributed by atoms with Crippen molar-refractivity contribution in [3.05, 3.63) is 54.1 Å². The predicted molar refractivity (Wildman–Crippen MR) is 104 cm³/mol. The van der Waals surface area contributed by atoms with E-state index < -0.39 is 5.54 Å². The Hall–Kier alpha value is -2.82. The van der Waals surface area contributed by atoms with Gasteiger partial charge in [-0.25, -0.2) is 4.99 Å². The van der Waals surface area contributed by atoms with Gasteiger partial charge in [-0.2, -0.15) is 0 Å². The number of aliphatic imine (C=N–C) groups is 1. The summed E-state index contributed by atoms with van der Waals surface area (Å²) in [6.45, 7) is 5.96. The second-order valence-electron chi connectivity index (χ2n) is 7.15. The number of amides is 1. The van der Waals surface area contributed by atoms with Crippen molar-refractivity contribution in [3.8, 4) is 16.9 Å². The van der Waals surface area contributed by atoms with Crippen molar-refractivity contribution in [3.63, 3.8) is 0 Å².